The maximum atomic E-state index is 5.46. The zero-order valence-corrected chi connectivity index (χ0v) is 12.0. The van der Waals surface area contributed by atoms with Gasteiger partial charge in [0.25, 0.3) is 0 Å². The summed E-state index contributed by atoms with van der Waals surface area (Å²) in [6.45, 7) is 3.06. The molecule has 1 fully saturated rings. The van der Waals surface area contributed by atoms with E-state index in [0.717, 1.165) is 30.2 Å². The SMILES string of the molecule is c1ccc(N(c2nc3ncncc3[nH]2)N2CCOCC2)cc1. The Morgan fingerprint density at radius 3 is 2.73 bits per heavy atom. The minimum Gasteiger partial charge on any atom is -0.379 e. The van der Waals surface area contributed by atoms with E-state index in [9.17, 15) is 0 Å². The van der Waals surface area contributed by atoms with E-state index in [4.69, 9.17) is 4.74 Å². The van der Waals surface area contributed by atoms with Gasteiger partial charge in [-0.15, -0.1) is 0 Å². The van der Waals surface area contributed by atoms with Crippen LogP contribution in [0.25, 0.3) is 11.2 Å². The van der Waals surface area contributed by atoms with Gasteiger partial charge in [0.15, 0.2) is 5.65 Å². The number of fused-ring (bicyclic) bond motifs is 1. The number of aromatic amines is 1. The molecule has 1 saturated heterocycles. The number of benzene rings is 1. The van der Waals surface area contributed by atoms with Crippen LogP contribution in [0.2, 0.25) is 0 Å². The smallest absolute Gasteiger partial charge is 0.225 e. The van der Waals surface area contributed by atoms with E-state index < -0.39 is 0 Å². The number of rotatable bonds is 3. The summed E-state index contributed by atoms with van der Waals surface area (Å²) in [6, 6.07) is 10.2. The number of H-pyrrole nitrogens is 1. The lowest BCUT2D eigenvalue weighted by Gasteiger charge is -2.36. The molecule has 1 aromatic carbocycles. The number of nitrogens with zero attached hydrogens (tertiary/aromatic N) is 5. The van der Waals surface area contributed by atoms with Gasteiger partial charge in [-0.2, -0.15) is 4.98 Å². The van der Waals surface area contributed by atoms with Gasteiger partial charge in [-0.05, 0) is 12.1 Å². The maximum Gasteiger partial charge on any atom is 0.225 e. The molecule has 2 aromatic heterocycles. The average Bonchev–Trinajstić information content (AvgIpc) is 3.00. The van der Waals surface area contributed by atoms with Crippen molar-refractivity contribution < 1.29 is 4.74 Å². The van der Waals surface area contributed by atoms with Gasteiger partial charge in [0.1, 0.15) is 11.8 Å². The summed E-state index contributed by atoms with van der Waals surface area (Å²) in [5, 5.41) is 4.31. The number of anilines is 2. The number of imidazole rings is 1. The highest BCUT2D eigenvalue weighted by Crippen LogP contribution is 2.26. The first-order valence-electron chi connectivity index (χ1n) is 7.25. The zero-order chi connectivity index (χ0) is 14.8. The van der Waals surface area contributed by atoms with Crippen molar-refractivity contribution in [2.24, 2.45) is 0 Å². The number of aromatic nitrogens is 4. The zero-order valence-electron chi connectivity index (χ0n) is 12.0. The largest absolute Gasteiger partial charge is 0.379 e. The van der Waals surface area contributed by atoms with Crippen molar-refractivity contribution in [3.63, 3.8) is 0 Å². The molecule has 0 radical (unpaired) electrons. The quantitative estimate of drug-likeness (QED) is 0.794. The van der Waals surface area contributed by atoms with Crippen molar-refractivity contribution in [2.75, 3.05) is 31.3 Å². The van der Waals surface area contributed by atoms with Crippen molar-refractivity contribution in [3.05, 3.63) is 42.9 Å². The lowest BCUT2D eigenvalue weighted by molar-refractivity contribution is 0.0372. The topological polar surface area (TPSA) is 70.2 Å². The molecule has 3 heterocycles. The van der Waals surface area contributed by atoms with Crippen molar-refractivity contribution in [2.45, 2.75) is 0 Å². The van der Waals surface area contributed by atoms with Crippen LogP contribution in [0.1, 0.15) is 0 Å². The molecular formula is C15H16N6O. The first-order chi connectivity index (χ1) is 10.9. The summed E-state index contributed by atoms with van der Waals surface area (Å²) in [5.41, 5.74) is 2.54. The molecule has 0 spiro atoms. The Balaban J connectivity index is 1.78. The summed E-state index contributed by atoms with van der Waals surface area (Å²) >= 11 is 0. The normalized spacial score (nSPS) is 16.0. The van der Waals surface area contributed by atoms with E-state index in [-0.39, 0.29) is 0 Å². The first-order valence-corrected chi connectivity index (χ1v) is 7.25. The highest BCUT2D eigenvalue weighted by molar-refractivity contribution is 5.73. The van der Waals surface area contributed by atoms with Crippen LogP contribution in [-0.2, 0) is 4.74 Å². The van der Waals surface area contributed by atoms with E-state index in [1.165, 1.54) is 6.33 Å². The van der Waals surface area contributed by atoms with Crippen LogP contribution in [0, 0.1) is 0 Å². The molecule has 1 aliphatic heterocycles. The van der Waals surface area contributed by atoms with Crippen LogP contribution >= 0.6 is 0 Å². The van der Waals surface area contributed by atoms with E-state index in [1.54, 1.807) is 6.20 Å². The molecule has 3 aromatic rings. The number of hydrogen-bond donors (Lipinski definition) is 1. The fraction of sp³-hybridized carbons (Fsp3) is 0.267. The third-order valence-corrected chi connectivity index (χ3v) is 3.62. The van der Waals surface area contributed by atoms with Crippen molar-refractivity contribution in [3.8, 4) is 0 Å². The molecule has 0 unspecified atom stereocenters. The molecule has 0 bridgehead atoms. The van der Waals surface area contributed by atoms with Crippen LogP contribution in [0.4, 0.5) is 11.6 Å². The van der Waals surface area contributed by atoms with Gasteiger partial charge in [0, 0.05) is 13.1 Å². The Morgan fingerprint density at radius 1 is 1.14 bits per heavy atom. The van der Waals surface area contributed by atoms with Crippen LogP contribution in [0.3, 0.4) is 0 Å². The van der Waals surface area contributed by atoms with Gasteiger partial charge in [-0.25, -0.2) is 20.0 Å². The third-order valence-electron chi connectivity index (χ3n) is 3.62. The molecular weight excluding hydrogens is 280 g/mol. The number of hydrazine groups is 1. The lowest BCUT2D eigenvalue weighted by atomic mass is 10.3. The molecule has 0 aliphatic carbocycles. The molecule has 4 rings (SSSR count). The number of ether oxygens (including phenoxy) is 1. The van der Waals surface area contributed by atoms with Gasteiger partial charge in [-0.3, -0.25) is 0 Å². The standard InChI is InChI=1S/C15H16N6O/c1-2-4-12(5-3-1)21(20-6-8-22-9-7-20)15-18-13-10-16-11-17-14(13)19-15/h1-5,10-11H,6-9H2,(H,16,17,18,19). The summed E-state index contributed by atoms with van der Waals surface area (Å²) in [5.74, 6) is 0.739. The molecule has 1 aliphatic rings. The molecule has 1 N–H and O–H groups in total. The second kappa shape index (κ2) is 5.70. The Labute approximate surface area is 127 Å². The molecule has 22 heavy (non-hydrogen) atoms. The Bertz CT molecular complexity index is 720. The van der Waals surface area contributed by atoms with Crippen LogP contribution < -0.4 is 5.01 Å². The van der Waals surface area contributed by atoms with E-state index in [0.29, 0.717) is 18.9 Å². The molecule has 7 nitrogen and oxygen atoms in total. The molecule has 7 heteroatoms. The van der Waals surface area contributed by atoms with E-state index in [2.05, 4.69) is 42.1 Å². The first kappa shape index (κ1) is 13.2. The van der Waals surface area contributed by atoms with E-state index in [1.807, 2.05) is 18.2 Å². The maximum absolute atomic E-state index is 5.46. The molecule has 112 valence electrons. The highest BCUT2D eigenvalue weighted by atomic mass is 16.5. The van der Waals surface area contributed by atoms with Gasteiger partial charge < -0.3 is 9.72 Å². The highest BCUT2D eigenvalue weighted by Gasteiger charge is 2.23. The minimum atomic E-state index is 0.666. The average molecular weight is 296 g/mol. The van der Waals surface area contributed by atoms with Crippen LogP contribution in [-0.4, -0.2) is 51.2 Å². The van der Waals surface area contributed by atoms with Gasteiger partial charge in [0.2, 0.25) is 5.95 Å². The minimum absolute atomic E-state index is 0.666. The predicted octanol–water partition coefficient (Wildman–Crippen LogP) is 1.74. The van der Waals surface area contributed by atoms with Crippen molar-refractivity contribution in [1.82, 2.24) is 24.9 Å². The van der Waals surface area contributed by atoms with Gasteiger partial charge >= 0.3 is 0 Å². The Kier molecular flexibility index (Phi) is 3.42. The summed E-state index contributed by atoms with van der Waals surface area (Å²) in [6.07, 6.45) is 3.25. The van der Waals surface area contributed by atoms with Gasteiger partial charge in [0.05, 0.1) is 25.1 Å². The van der Waals surface area contributed by atoms with Crippen molar-refractivity contribution >= 4 is 22.8 Å². The van der Waals surface area contributed by atoms with Crippen LogP contribution in [0.5, 0.6) is 0 Å². The van der Waals surface area contributed by atoms with E-state index >= 15 is 0 Å². The second-order valence-corrected chi connectivity index (χ2v) is 5.03. The van der Waals surface area contributed by atoms with Crippen LogP contribution in [0.15, 0.2) is 42.9 Å². The fourth-order valence-corrected chi connectivity index (χ4v) is 2.59. The summed E-state index contributed by atoms with van der Waals surface area (Å²) in [4.78, 5) is 16.1. The fourth-order valence-electron chi connectivity index (χ4n) is 2.59. The second-order valence-electron chi connectivity index (χ2n) is 5.03. The molecule has 0 atom stereocenters. The number of para-hydroxylation sites is 1. The predicted molar refractivity (Wildman–Crippen MR) is 82.7 cm³/mol. The summed E-state index contributed by atoms with van der Waals surface area (Å²) < 4.78 is 5.46. The number of morpholine rings is 1. The molecule has 0 saturated carbocycles. The lowest BCUT2D eigenvalue weighted by Crippen LogP contribution is -2.47. The number of hydrogen-bond acceptors (Lipinski definition) is 6. The Hall–Kier alpha value is -2.51. The Morgan fingerprint density at radius 2 is 1.95 bits per heavy atom. The number of nitrogens with one attached hydrogen (secondary N) is 1. The monoisotopic (exact) mass is 296 g/mol. The molecule has 0 amide bonds. The third kappa shape index (κ3) is 2.40. The van der Waals surface area contributed by atoms with Gasteiger partial charge in [-0.1, -0.05) is 18.2 Å². The summed E-state index contributed by atoms with van der Waals surface area (Å²) in [7, 11) is 0. The van der Waals surface area contributed by atoms with Crippen molar-refractivity contribution in [1.29, 1.82) is 0 Å².